The summed E-state index contributed by atoms with van der Waals surface area (Å²) >= 11 is 3.36. The van der Waals surface area contributed by atoms with E-state index in [1.54, 1.807) is 6.20 Å². The molecule has 0 N–H and O–H groups in total. The second-order valence-electron chi connectivity index (χ2n) is 2.41. The summed E-state index contributed by atoms with van der Waals surface area (Å²) in [4.78, 5) is 4.04. The van der Waals surface area contributed by atoms with Crippen LogP contribution in [0.15, 0.2) is 24.4 Å². The maximum atomic E-state index is 5.38. The lowest BCUT2D eigenvalue weighted by molar-refractivity contribution is 0.298. The number of ether oxygens (including phenoxy) is 1. The molecule has 0 amide bonds. The normalized spacial score (nSPS) is 9.75. The minimum Gasteiger partial charge on any atom is -0.478 e. The Bertz CT molecular complexity index is 203. The van der Waals surface area contributed by atoms with E-state index in [0.29, 0.717) is 5.88 Å². The highest BCUT2D eigenvalue weighted by Gasteiger charge is 1.91. The molecular weight excluding hydrogens is 218 g/mol. The molecule has 0 aliphatic rings. The van der Waals surface area contributed by atoms with E-state index >= 15 is 0 Å². The first-order chi connectivity index (χ1) is 5.93. The molecule has 2 nitrogen and oxygen atoms in total. The predicted octanol–water partition coefficient (Wildman–Crippen LogP) is 2.64. The topological polar surface area (TPSA) is 22.1 Å². The van der Waals surface area contributed by atoms with Gasteiger partial charge in [-0.25, -0.2) is 4.98 Å². The maximum Gasteiger partial charge on any atom is 0.213 e. The van der Waals surface area contributed by atoms with Crippen LogP contribution in [0.25, 0.3) is 0 Å². The molecule has 0 aromatic carbocycles. The van der Waals surface area contributed by atoms with E-state index in [0.717, 1.165) is 24.8 Å². The molecule has 1 heterocycles. The largest absolute Gasteiger partial charge is 0.478 e. The predicted molar refractivity (Wildman–Crippen MR) is 52.8 cm³/mol. The zero-order valence-corrected chi connectivity index (χ0v) is 8.46. The molecule has 66 valence electrons. The molecule has 1 aromatic heterocycles. The van der Waals surface area contributed by atoms with Crippen molar-refractivity contribution in [1.29, 1.82) is 0 Å². The summed E-state index contributed by atoms with van der Waals surface area (Å²) in [5.74, 6) is 0.715. The first kappa shape index (κ1) is 9.52. The van der Waals surface area contributed by atoms with Gasteiger partial charge in [0.2, 0.25) is 5.88 Å². The summed E-state index contributed by atoms with van der Waals surface area (Å²) in [5.41, 5.74) is 0. The molecule has 0 spiro atoms. The third-order valence-electron chi connectivity index (χ3n) is 1.42. The van der Waals surface area contributed by atoms with Crippen molar-refractivity contribution < 1.29 is 4.74 Å². The van der Waals surface area contributed by atoms with Crippen LogP contribution >= 0.6 is 15.9 Å². The number of hydrogen-bond donors (Lipinski definition) is 0. The zero-order chi connectivity index (χ0) is 8.65. The molecule has 0 atom stereocenters. The average molecular weight is 230 g/mol. The van der Waals surface area contributed by atoms with E-state index < -0.39 is 0 Å². The summed E-state index contributed by atoms with van der Waals surface area (Å²) in [6.07, 6.45) is 3.95. The number of aromatic nitrogens is 1. The van der Waals surface area contributed by atoms with Crippen LogP contribution in [0.4, 0.5) is 0 Å². The maximum absolute atomic E-state index is 5.38. The zero-order valence-electron chi connectivity index (χ0n) is 6.87. The number of rotatable bonds is 5. The van der Waals surface area contributed by atoms with E-state index in [1.165, 1.54) is 0 Å². The van der Waals surface area contributed by atoms with E-state index in [9.17, 15) is 0 Å². The molecule has 0 unspecified atom stereocenters. The fourth-order valence-corrected chi connectivity index (χ4v) is 1.20. The van der Waals surface area contributed by atoms with Crippen LogP contribution < -0.4 is 4.74 Å². The number of halogens is 1. The van der Waals surface area contributed by atoms with Crippen molar-refractivity contribution in [2.75, 3.05) is 11.9 Å². The molecule has 0 aliphatic carbocycles. The molecular formula is C9H12BrNO. The molecule has 12 heavy (non-hydrogen) atoms. The smallest absolute Gasteiger partial charge is 0.213 e. The highest BCUT2D eigenvalue weighted by atomic mass is 79.9. The first-order valence-electron chi connectivity index (χ1n) is 4.03. The summed E-state index contributed by atoms with van der Waals surface area (Å²) < 4.78 is 5.38. The Labute approximate surface area is 81.1 Å². The fourth-order valence-electron chi connectivity index (χ4n) is 0.806. The Hall–Kier alpha value is -0.570. The summed E-state index contributed by atoms with van der Waals surface area (Å²) in [7, 11) is 0. The number of pyridine rings is 1. The van der Waals surface area contributed by atoms with Gasteiger partial charge in [-0.1, -0.05) is 22.0 Å². The summed E-state index contributed by atoms with van der Waals surface area (Å²) in [6.45, 7) is 0.753. The molecule has 0 saturated carbocycles. The van der Waals surface area contributed by atoms with E-state index in [4.69, 9.17) is 4.74 Å². The van der Waals surface area contributed by atoms with E-state index in [1.807, 2.05) is 18.2 Å². The Balaban J connectivity index is 2.16. The highest BCUT2D eigenvalue weighted by molar-refractivity contribution is 9.09. The van der Waals surface area contributed by atoms with Gasteiger partial charge in [-0.15, -0.1) is 0 Å². The molecule has 1 rings (SSSR count). The van der Waals surface area contributed by atoms with Crippen molar-refractivity contribution in [2.24, 2.45) is 0 Å². The monoisotopic (exact) mass is 229 g/mol. The van der Waals surface area contributed by atoms with Crippen LogP contribution in [0.3, 0.4) is 0 Å². The second kappa shape index (κ2) is 6.00. The van der Waals surface area contributed by atoms with Crippen LogP contribution in [0, 0.1) is 0 Å². The van der Waals surface area contributed by atoms with Gasteiger partial charge in [0.1, 0.15) is 0 Å². The lowest BCUT2D eigenvalue weighted by atomic mass is 10.4. The van der Waals surface area contributed by atoms with Gasteiger partial charge in [0.25, 0.3) is 0 Å². The standard InChI is InChI=1S/C9H12BrNO/c10-6-2-4-8-12-9-5-1-3-7-11-9/h1,3,5,7H,2,4,6,8H2. The quantitative estimate of drug-likeness (QED) is 0.573. The van der Waals surface area contributed by atoms with Crippen LogP contribution in [-0.4, -0.2) is 16.9 Å². The van der Waals surface area contributed by atoms with Gasteiger partial charge in [0.15, 0.2) is 0 Å². The molecule has 3 heteroatoms. The SMILES string of the molecule is BrCCCCOc1ccccn1. The highest BCUT2D eigenvalue weighted by Crippen LogP contribution is 2.04. The van der Waals surface area contributed by atoms with Gasteiger partial charge in [0, 0.05) is 17.6 Å². The van der Waals surface area contributed by atoms with Crippen molar-refractivity contribution in [2.45, 2.75) is 12.8 Å². The Morgan fingerprint density at radius 3 is 2.92 bits per heavy atom. The molecule has 1 aromatic rings. The molecule has 0 bridgehead atoms. The van der Waals surface area contributed by atoms with Gasteiger partial charge in [-0.3, -0.25) is 0 Å². The van der Waals surface area contributed by atoms with Crippen molar-refractivity contribution in [3.63, 3.8) is 0 Å². The Kier molecular flexibility index (Phi) is 4.76. The number of nitrogens with zero attached hydrogens (tertiary/aromatic N) is 1. The van der Waals surface area contributed by atoms with Crippen molar-refractivity contribution in [1.82, 2.24) is 4.98 Å². The van der Waals surface area contributed by atoms with Crippen molar-refractivity contribution in [3.8, 4) is 5.88 Å². The van der Waals surface area contributed by atoms with Gasteiger partial charge in [-0.2, -0.15) is 0 Å². The average Bonchev–Trinajstić information content (AvgIpc) is 2.14. The summed E-state index contributed by atoms with van der Waals surface area (Å²) in [6, 6.07) is 5.67. The van der Waals surface area contributed by atoms with Crippen LogP contribution in [0.1, 0.15) is 12.8 Å². The number of alkyl halides is 1. The fraction of sp³-hybridized carbons (Fsp3) is 0.444. The van der Waals surface area contributed by atoms with Crippen molar-refractivity contribution >= 4 is 15.9 Å². The van der Waals surface area contributed by atoms with Crippen LogP contribution in [-0.2, 0) is 0 Å². The Morgan fingerprint density at radius 2 is 2.25 bits per heavy atom. The van der Waals surface area contributed by atoms with Crippen molar-refractivity contribution in [3.05, 3.63) is 24.4 Å². The number of hydrogen-bond acceptors (Lipinski definition) is 2. The molecule has 0 aliphatic heterocycles. The molecule has 0 saturated heterocycles. The third-order valence-corrected chi connectivity index (χ3v) is 1.98. The van der Waals surface area contributed by atoms with E-state index in [2.05, 4.69) is 20.9 Å². The third kappa shape index (κ3) is 3.72. The van der Waals surface area contributed by atoms with Crippen LogP contribution in [0.5, 0.6) is 5.88 Å². The van der Waals surface area contributed by atoms with Gasteiger partial charge in [0.05, 0.1) is 6.61 Å². The lowest BCUT2D eigenvalue weighted by Gasteiger charge is -2.02. The summed E-state index contributed by atoms with van der Waals surface area (Å²) in [5, 5.41) is 1.04. The van der Waals surface area contributed by atoms with E-state index in [-0.39, 0.29) is 0 Å². The minimum atomic E-state index is 0.715. The van der Waals surface area contributed by atoms with Crippen LogP contribution in [0.2, 0.25) is 0 Å². The molecule has 0 radical (unpaired) electrons. The second-order valence-corrected chi connectivity index (χ2v) is 3.21. The van der Waals surface area contributed by atoms with Gasteiger partial charge in [-0.05, 0) is 18.9 Å². The number of unbranched alkanes of at least 4 members (excludes halogenated alkanes) is 1. The van der Waals surface area contributed by atoms with Gasteiger partial charge >= 0.3 is 0 Å². The minimum absolute atomic E-state index is 0.715. The molecule has 0 fully saturated rings. The Morgan fingerprint density at radius 1 is 1.33 bits per heavy atom. The van der Waals surface area contributed by atoms with Gasteiger partial charge < -0.3 is 4.74 Å². The lowest BCUT2D eigenvalue weighted by Crippen LogP contribution is -1.98. The first-order valence-corrected chi connectivity index (χ1v) is 5.15.